The third kappa shape index (κ3) is 3.87. The number of carboxylic acid groups (broad SMARTS) is 1. The van der Waals surface area contributed by atoms with E-state index in [0.717, 1.165) is 25.0 Å². The number of nitrogens with zero attached hydrogens (tertiary/aromatic N) is 2. The molecule has 0 radical (unpaired) electrons. The third-order valence-corrected chi connectivity index (χ3v) is 4.06. The molecule has 6 nitrogen and oxygen atoms in total. The van der Waals surface area contributed by atoms with E-state index in [-0.39, 0.29) is 30.1 Å². The predicted molar refractivity (Wildman–Crippen MR) is 85.1 cm³/mol. The molecule has 1 fully saturated rings. The lowest BCUT2D eigenvalue weighted by Gasteiger charge is -2.12. The Morgan fingerprint density at radius 1 is 1.31 bits per heavy atom. The SMILES string of the molecule is O=C(O)CCNC(=O)c1cnn(-c2cccc(C(F)(F)F)c2)c1C1CC1. The number of aromatic nitrogens is 2. The Balaban J connectivity index is 1.91. The van der Waals surface area contributed by atoms with Gasteiger partial charge in [-0.2, -0.15) is 18.3 Å². The number of carboxylic acids is 1. The molecule has 26 heavy (non-hydrogen) atoms. The first-order chi connectivity index (χ1) is 12.3. The van der Waals surface area contributed by atoms with Gasteiger partial charge >= 0.3 is 12.1 Å². The van der Waals surface area contributed by atoms with Gasteiger partial charge in [-0.15, -0.1) is 0 Å². The van der Waals surface area contributed by atoms with E-state index in [9.17, 15) is 22.8 Å². The van der Waals surface area contributed by atoms with E-state index in [1.807, 2.05) is 0 Å². The molecule has 2 aromatic rings. The lowest BCUT2D eigenvalue weighted by atomic mass is 10.1. The van der Waals surface area contributed by atoms with Crippen molar-refractivity contribution in [1.82, 2.24) is 15.1 Å². The molecule has 3 rings (SSSR count). The predicted octanol–water partition coefficient (Wildman–Crippen LogP) is 2.97. The monoisotopic (exact) mass is 367 g/mol. The first-order valence-corrected chi connectivity index (χ1v) is 8.03. The second-order valence-electron chi connectivity index (χ2n) is 6.08. The van der Waals surface area contributed by atoms with Crippen molar-refractivity contribution in [3.63, 3.8) is 0 Å². The summed E-state index contributed by atoms with van der Waals surface area (Å²) in [5, 5.41) is 15.2. The first-order valence-electron chi connectivity index (χ1n) is 8.03. The summed E-state index contributed by atoms with van der Waals surface area (Å²) >= 11 is 0. The van der Waals surface area contributed by atoms with E-state index in [2.05, 4.69) is 10.4 Å². The Labute approximate surface area is 146 Å². The van der Waals surface area contributed by atoms with Gasteiger partial charge in [0.1, 0.15) is 0 Å². The molecular formula is C17H16F3N3O3. The smallest absolute Gasteiger partial charge is 0.416 e. The van der Waals surface area contributed by atoms with E-state index in [1.165, 1.54) is 23.0 Å². The molecule has 0 aliphatic heterocycles. The van der Waals surface area contributed by atoms with Gasteiger partial charge in [0.15, 0.2) is 0 Å². The van der Waals surface area contributed by atoms with Crippen molar-refractivity contribution in [1.29, 1.82) is 0 Å². The Morgan fingerprint density at radius 3 is 2.65 bits per heavy atom. The highest BCUT2D eigenvalue weighted by atomic mass is 19.4. The maximum Gasteiger partial charge on any atom is 0.416 e. The minimum Gasteiger partial charge on any atom is -0.481 e. The van der Waals surface area contributed by atoms with Crippen LogP contribution in [0, 0.1) is 0 Å². The molecule has 1 aromatic heterocycles. The molecule has 9 heteroatoms. The van der Waals surface area contributed by atoms with Crippen LogP contribution in [0.25, 0.3) is 5.69 Å². The number of benzene rings is 1. The number of carbonyl (C=O) groups excluding carboxylic acids is 1. The standard InChI is InChI=1S/C17H16F3N3O3/c18-17(19,20)11-2-1-3-12(8-11)23-15(10-4-5-10)13(9-22-23)16(26)21-7-6-14(24)25/h1-3,8-10H,4-7H2,(H,21,26)(H,24,25). The zero-order valence-corrected chi connectivity index (χ0v) is 13.6. The maximum absolute atomic E-state index is 13.0. The minimum absolute atomic E-state index is 0.0347. The van der Waals surface area contributed by atoms with Crippen molar-refractivity contribution in [2.75, 3.05) is 6.54 Å². The second-order valence-corrected chi connectivity index (χ2v) is 6.08. The molecule has 1 aromatic carbocycles. The van der Waals surface area contributed by atoms with Crippen molar-refractivity contribution in [2.45, 2.75) is 31.4 Å². The lowest BCUT2D eigenvalue weighted by molar-refractivity contribution is -0.138. The quantitative estimate of drug-likeness (QED) is 0.822. The summed E-state index contributed by atoms with van der Waals surface area (Å²) in [7, 11) is 0. The number of halogens is 3. The van der Waals surface area contributed by atoms with Crippen LogP contribution in [0.5, 0.6) is 0 Å². The molecule has 1 aliphatic carbocycles. The number of hydrogen-bond acceptors (Lipinski definition) is 3. The van der Waals surface area contributed by atoms with Gasteiger partial charge in [0.2, 0.25) is 0 Å². The molecule has 2 N–H and O–H groups in total. The molecule has 1 aliphatic rings. The summed E-state index contributed by atoms with van der Waals surface area (Å²) in [4.78, 5) is 22.9. The van der Waals surface area contributed by atoms with Crippen LogP contribution in [-0.4, -0.2) is 33.3 Å². The van der Waals surface area contributed by atoms with Crippen molar-refractivity contribution >= 4 is 11.9 Å². The minimum atomic E-state index is -4.47. The second kappa shape index (κ2) is 6.81. The van der Waals surface area contributed by atoms with E-state index in [0.29, 0.717) is 5.69 Å². The normalized spacial score (nSPS) is 14.3. The van der Waals surface area contributed by atoms with Crippen molar-refractivity contribution in [3.05, 3.63) is 47.3 Å². The summed E-state index contributed by atoms with van der Waals surface area (Å²) in [6.45, 7) is -0.0347. The van der Waals surface area contributed by atoms with Crippen LogP contribution in [0.4, 0.5) is 13.2 Å². The average Bonchev–Trinajstić information content (AvgIpc) is 3.31. The summed E-state index contributed by atoms with van der Waals surface area (Å²) in [6.07, 6.45) is -1.74. The largest absolute Gasteiger partial charge is 0.481 e. The number of nitrogens with one attached hydrogen (secondary N) is 1. The van der Waals surface area contributed by atoms with Gasteiger partial charge in [-0.3, -0.25) is 9.59 Å². The van der Waals surface area contributed by atoms with E-state index < -0.39 is 23.6 Å². The van der Waals surface area contributed by atoms with Gasteiger partial charge < -0.3 is 10.4 Å². The Morgan fingerprint density at radius 2 is 2.04 bits per heavy atom. The highest BCUT2D eigenvalue weighted by Crippen LogP contribution is 2.42. The van der Waals surface area contributed by atoms with Gasteiger partial charge in [-0.05, 0) is 31.0 Å². The van der Waals surface area contributed by atoms with E-state index >= 15 is 0 Å². The molecule has 1 saturated carbocycles. The van der Waals surface area contributed by atoms with Crippen LogP contribution in [0.1, 0.15) is 46.8 Å². The molecule has 0 spiro atoms. The van der Waals surface area contributed by atoms with Gasteiger partial charge in [-0.1, -0.05) is 6.07 Å². The number of alkyl halides is 3. The van der Waals surface area contributed by atoms with Crippen LogP contribution < -0.4 is 5.32 Å². The highest BCUT2D eigenvalue weighted by Gasteiger charge is 2.34. The third-order valence-electron chi connectivity index (χ3n) is 4.06. The number of carbonyl (C=O) groups is 2. The Hall–Kier alpha value is -2.84. The van der Waals surface area contributed by atoms with Crippen molar-refractivity contribution in [2.24, 2.45) is 0 Å². The Bertz CT molecular complexity index is 841. The molecule has 1 amide bonds. The highest BCUT2D eigenvalue weighted by molar-refractivity contribution is 5.95. The number of rotatable bonds is 6. The van der Waals surface area contributed by atoms with Crippen LogP contribution in [0.15, 0.2) is 30.5 Å². The summed E-state index contributed by atoms with van der Waals surface area (Å²) in [5.41, 5.74) is 0.249. The maximum atomic E-state index is 13.0. The molecule has 0 saturated heterocycles. The van der Waals surface area contributed by atoms with Crippen molar-refractivity contribution < 1.29 is 27.9 Å². The molecule has 0 unspecified atom stereocenters. The van der Waals surface area contributed by atoms with Crippen LogP contribution in [0.2, 0.25) is 0 Å². The molecule has 138 valence electrons. The van der Waals surface area contributed by atoms with Crippen LogP contribution in [-0.2, 0) is 11.0 Å². The molecule has 1 heterocycles. The molecule has 0 bridgehead atoms. The summed E-state index contributed by atoms with van der Waals surface area (Å²) in [6, 6.07) is 4.76. The number of hydrogen-bond donors (Lipinski definition) is 2. The average molecular weight is 367 g/mol. The number of aliphatic carboxylic acids is 1. The Kier molecular flexibility index (Phi) is 4.71. The topological polar surface area (TPSA) is 84.2 Å². The lowest BCUT2D eigenvalue weighted by Crippen LogP contribution is -2.26. The number of amides is 1. The fourth-order valence-corrected chi connectivity index (χ4v) is 2.68. The van der Waals surface area contributed by atoms with Gasteiger partial charge in [0, 0.05) is 12.5 Å². The van der Waals surface area contributed by atoms with E-state index in [4.69, 9.17) is 5.11 Å². The van der Waals surface area contributed by atoms with Gasteiger partial charge in [0.05, 0.1) is 35.1 Å². The fourth-order valence-electron chi connectivity index (χ4n) is 2.68. The molecular weight excluding hydrogens is 351 g/mol. The molecule has 0 atom stereocenters. The van der Waals surface area contributed by atoms with Crippen LogP contribution >= 0.6 is 0 Å². The first kappa shape index (κ1) is 18.0. The van der Waals surface area contributed by atoms with Gasteiger partial charge in [0.25, 0.3) is 5.91 Å². The summed E-state index contributed by atoms with van der Waals surface area (Å²) < 4.78 is 40.2. The van der Waals surface area contributed by atoms with Crippen molar-refractivity contribution in [3.8, 4) is 5.69 Å². The van der Waals surface area contributed by atoms with Crippen LogP contribution in [0.3, 0.4) is 0 Å². The zero-order valence-electron chi connectivity index (χ0n) is 13.6. The van der Waals surface area contributed by atoms with E-state index in [1.54, 1.807) is 0 Å². The summed E-state index contributed by atoms with van der Waals surface area (Å²) in [5.74, 6) is -1.47. The van der Waals surface area contributed by atoms with Gasteiger partial charge in [-0.25, -0.2) is 4.68 Å². The fraction of sp³-hybridized carbons (Fsp3) is 0.353. The zero-order chi connectivity index (χ0) is 18.9.